The van der Waals surface area contributed by atoms with Gasteiger partial charge in [-0.25, -0.2) is 4.21 Å². The third kappa shape index (κ3) is 6.16. The van der Waals surface area contributed by atoms with E-state index in [1.54, 1.807) is 0 Å². The van der Waals surface area contributed by atoms with Crippen LogP contribution in [0, 0.1) is 0 Å². The molecule has 0 aliphatic rings. The van der Waals surface area contributed by atoms with Gasteiger partial charge in [-0.05, 0) is 71.8 Å². The molecule has 0 amide bonds. The van der Waals surface area contributed by atoms with E-state index in [2.05, 4.69) is 25.3 Å². The van der Waals surface area contributed by atoms with Crippen molar-refractivity contribution in [1.82, 2.24) is 0 Å². The molecular weight excluding hydrogens is 577 g/mol. The van der Waals surface area contributed by atoms with E-state index < -0.39 is 10.8 Å². The van der Waals surface area contributed by atoms with Gasteiger partial charge in [0, 0.05) is 20.9 Å². The van der Waals surface area contributed by atoms with E-state index in [-0.39, 0.29) is 0 Å². The molecule has 0 N–H and O–H groups in total. The zero-order valence-corrected chi connectivity index (χ0v) is 25.0. The Balaban J connectivity index is 1.44. The number of rotatable bonds is 8. The van der Waals surface area contributed by atoms with Crippen molar-refractivity contribution in [3.8, 4) is 45.3 Å². The summed E-state index contributed by atoms with van der Waals surface area (Å²) >= 11 is 9.06. The van der Waals surface area contributed by atoms with E-state index >= 15 is 0 Å². The van der Waals surface area contributed by atoms with E-state index in [9.17, 15) is 4.21 Å². The zero-order chi connectivity index (χ0) is 28.9. The summed E-state index contributed by atoms with van der Waals surface area (Å²) < 4.78 is 26.9. The summed E-state index contributed by atoms with van der Waals surface area (Å²) in [6, 6.07) is 46.3. The first kappa shape index (κ1) is 27.9. The fourth-order valence-corrected chi connectivity index (χ4v) is 6.40. The molecule has 0 unspecified atom stereocenters. The highest BCUT2D eigenvalue weighted by Crippen LogP contribution is 2.39. The Morgan fingerprint density at radius 2 is 0.833 bits per heavy atom. The van der Waals surface area contributed by atoms with E-state index in [0.29, 0.717) is 32.8 Å². The summed E-state index contributed by atoms with van der Waals surface area (Å²) in [7, 11) is -1.53. The van der Waals surface area contributed by atoms with Crippen LogP contribution < -0.4 is 9.47 Å². The molecule has 0 aliphatic heterocycles. The molecule has 42 heavy (non-hydrogen) atoms. The number of para-hydroxylation sites is 2. The minimum Gasteiger partial charge on any atom is -0.456 e. The van der Waals surface area contributed by atoms with E-state index in [1.165, 1.54) is 0 Å². The smallest absolute Gasteiger partial charge is 0.140 e. The third-order valence-corrected chi connectivity index (χ3v) is 8.91. The van der Waals surface area contributed by atoms with Crippen molar-refractivity contribution in [3.05, 3.63) is 146 Å². The van der Waals surface area contributed by atoms with Crippen molar-refractivity contribution in [3.63, 3.8) is 0 Å². The SMILES string of the molecule is O=S(c1ccc(Oc2ccccc2S)cc1-c1ccccc1)c1ccc(Oc2ccccc2S)cc1-c1ccccc1. The van der Waals surface area contributed by atoms with Gasteiger partial charge in [0.2, 0.25) is 0 Å². The molecule has 0 saturated heterocycles. The maximum absolute atomic E-state index is 14.5. The largest absolute Gasteiger partial charge is 0.456 e. The lowest BCUT2D eigenvalue weighted by atomic mass is 10.1. The zero-order valence-electron chi connectivity index (χ0n) is 22.4. The minimum atomic E-state index is -1.53. The molecule has 0 fully saturated rings. The van der Waals surface area contributed by atoms with Crippen molar-refractivity contribution in [2.45, 2.75) is 19.6 Å². The predicted molar refractivity (Wildman–Crippen MR) is 176 cm³/mol. The van der Waals surface area contributed by atoms with Gasteiger partial charge in [0.05, 0.1) is 20.6 Å². The maximum atomic E-state index is 14.5. The summed E-state index contributed by atoms with van der Waals surface area (Å²) in [4.78, 5) is 2.84. The molecule has 6 rings (SSSR count). The lowest BCUT2D eigenvalue weighted by molar-refractivity contribution is 0.471. The third-order valence-electron chi connectivity index (χ3n) is 6.66. The summed E-state index contributed by atoms with van der Waals surface area (Å²) in [5.41, 5.74) is 3.53. The molecule has 0 aromatic heterocycles. The van der Waals surface area contributed by atoms with Crippen LogP contribution >= 0.6 is 25.3 Å². The van der Waals surface area contributed by atoms with Crippen LogP contribution in [0.15, 0.2) is 165 Å². The van der Waals surface area contributed by atoms with Crippen molar-refractivity contribution in [1.29, 1.82) is 0 Å². The van der Waals surface area contributed by atoms with Crippen molar-refractivity contribution in [2.75, 3.05) is 0 Å². The lowest BCUT2D eigenvalue weighted by Gasteiger charge is -2.17. The molecule has 6 aromatic rings. The highest BCUT2D eigenvalue weighted by Gasteiger charge is 2.20. The molecule has 0 atom stereocenters. The molecule has 0 radical (unpaired) electrons. The Morgan fingerprint density at radius 3 is 1.24 bits per heavy atom. The monoisotopic (exact) mass is 602 g/mol. The first-order valence-electron chi connectivity index (χ1n) is 13.3. The van der Waals surface area contributed by atoms with Gasteiger partial charge < -0.3 is 9.47 Å². The molecule has 6 aromatic carbocycles. The minimum absolute atomic E-state index is 0.633. The standard InChI is InChI=1S/C36H26O3S3/c37-42(35-21-19-27(38-31-15-7-9-17-33(31)40)23-29(35)25-11-3-1-4-12-25)36-22-20-28(39-32-16-8-10-18-34(32)41)24-30(36)26-13-5-2-6-14-26/h1-24,40-41H. The van der Waals surface area contributed by atoms with Gasteiger partial charge in [0.25, 0.3) is 0 Å². The Bertz CT molecular complexity index is 1740. The van der Waals surface area contributed by atoms with Crippen LogP contribution in [0.5, 0.6) is 23.0 Å². The van der Waals surface area contributed by atoms with Gasteiger partial charge in [0.1, 0.15) is 23.0 Å². The van der Waals surface area contributed by atoms with E-state index in [4.69, 9.17) is 9.47 Å². The van der Waals surface area contributed by atoms with Crippen molar-refractivity contribution in [2.24, 2.45) is 0 Å². The molecular formula is C36H26O3S3. The van der Waals surface area contributed by atoms with E-state index in [0.717, 1.165) is 32.0 Å². The van der Waals surface area contributed by atoms with Crippen LogP contribution in [0.25, 0.3) is 22.3 Å². The fourth-order valence-electron chi connectivity index (χ4n) is 4.61. The number of benzene rings is 6. The number of hydrogen-bond acceptors (Lipinski definition) is 5. The van der Waals surface area contributed by atoms with Crippen molar-refractivity contribution >= 4 is 36.1 Å². The van der Waals surface area contributed by atoms with Crippen LogP contribution in [0.4, 0.5) is 0 Å². The fraction of sp³-hybridized carbons (Fsp3) is 0. The molecule has 206 valence electrons. The quantitative estimate of drug-likeness (QED) is 0.170. The Labute approximate surface area is 259 Å². The molecule has 0 heterocycles. The summed E-state index contributed by atoms with van der Waals surface area (Å²) in [6.07, 6.45) is 0. The predicted octanol–water partition coefficient (Wildman–Crippen LogP) is 10.3. The summed E-state index contributed by atoms with van der Waals surface area (Å²) in [5, 5.41) is 0. The van der Waals surface area contributed by atoms with Crippen LogP contribution in [-0.2, 0) is 10.8 Å². The van der Waals surface area contributed by atoms with Crippen LogP contribution in [0.1, 0.15) is 0 Å². The van der Waals surface area contributed by atoms with Gasteiger partial charge in [0.15, 0.2) is 0 Å². The molecule has 6 heteroatoms. The van der Waals surface area contributed by atoms with Gasteiger partial charge in [-0.1, -0.05) is 84.9 Å². The Hall–Kier alpha value is -4.23. The highest BCUT2D eigenvalue weighted by atomic mass is 32.2. The summed E-state index contributed by atoms with van der Waals surface area (Å²) in [6.45, 7) is 0. The van der Waals surface area contributed by atoms with Gasteiger partial charge in [-0.2, -0.15) is 0 Å². The molecule has 3 nitrogen and oxygen atoms in total. The summed E-state index contributed by atoms with van der Waals surface area (Å²) in [5.74, 6) is 2.57. The van der Waals surface area contributed by atoms with Crippen LogP contribution in [-0.4, -0.2) is 4.21 Å². The van der Waals surface area contributed by atoms with Gasteiger partial charge >= 0.3 is 0 Å². The Kier molecular flexibility index (Phi) is 8.47. The second-order valence-corrected chi connectivity index (χ2v) is 11.8. The first-order chi connectivity index (χ1) is 20.6. The highest BCUT2D eigenvalue weighted by molar-refractivity contribution is 7.85. The van der Waals surface area contributed by atoms with Gasteiger partial charge in [-0.15, -0.1) is 25.3 Å². The number of thiol groups is 2. The average Bonchev–Trinajstić information content (AvgIpc) is 3.04. The second kappa shape index (κ2) is 12.7. The maximum Gasteiger partial charge on any atom is 0.140 e. The first-order valence-corrected chi connectivity index (χ1v) is 15.3. The lowest BCUT2D eigenvalue weighted by Crippen LogP contribution is -2.00. The van der Waals surface area contributed by atoms with Crippen LogP contribution in [0.2, 0.25) is 0 Å². The molecule has 0 saturated carbocycles. The normalized spacial score (nSPS) is 10.9. The van der Waals surface area contributed by atoms with Gasteiger partial charge in [-0.3, -0.25) is 0 Å². The second-order valence-electron chi connectivity index (χ2n) is 9.46. The van der Waals surface area contributed by atoms with Crippen LogP contribution in [0.3, 0.4) is 0 Å². The van der Waals surface area contributed by atoms with E-state index in [1.807, 2.05) is 146 Å². The molecule has 0 spiro atoms. The molecule has 0 aliphatic carbocycles. The Morgan fingerprint density at radius 1 is 0.452 bits per heavy atom. The number of hydrogen-bond donors (Lipinski definition) is 2. The topological polar surface area (TPSA) is 35.5 Å². The average molecular weight is 603 g/mol. The molecule has 0 bridgehead atoms. The van der Waals surface area contributed by atoms with Crippen molar-refractivity contribution < 1.29 is 13.7 Å². The number of ether oxygens (including phenoxy) is 2.